The number of nitrogens with one attached hydrogen (secondary N) is 1. The zero-order valence-electron chi connectivity index (χ0n) is 11.1. The summed E-state index contributed by atoms with van der Waals surface area (Å²) >= 11 is 0. The molecule has 0 atom stereocenters. The topological polar surface area (TPSA) is 81.4 Å². The van der Waals surface area contributed by atoms with E-state index in [1.807, 2.05) is 0 Å². The van der Waals surface area contributed by atoms with Crippen LogP contribution in [0.25, 0.3) is 0 Å². The summed E-state index contributed by atoms with van der Waals surface area (Å²) in [6, 6.07) is 11.4. The van der Waals surface area contributed by atoms with Crippen LogP contribution in [0.5, 0.6) is 5.75 Å². The highest BCUT2D eigenvalue weighted by molar-refractivity contribution is 7.92. The number of rotatable bonds is 6. The molecule has 0 aromatic heterocycles. The molecule has 0 saturated carbocycles. The zero-order valence-corrected chi connectivity index (χ0v) is 11.9. The summed E-state index contributed by atoms with van der Waals surface area (Å²) in [7, 11) is -3.84. The molecule has 21 heavy (non-hydrogen) atoms. The van der Waals surface area contributed by atoms with Crippen LogP contribution in [0.4, 0.5) is 10.1 Å². The van der Waals surface area contributed by atoms with Crippen molar-refractivity contribution in [1.82, 2.24) is 0 Å². The van der Waals surface area contributed by atoms with Crippen LogP contribution in [0.2, 0.25) is 0 Å². The van der Waals surface area contributed by atoms with Crippen molar-refractivity contribution in [2.45, 2.75) is 4.90 Å². The van der Waals surface area contributed by atoms with Gasteiger partial charge in [0.15, 0.2) is 0 Å². The largest absolute Gasteiger partial charge is 0.492 e. The molecule has 0 aliphatic carbocycles. The van der Waals surface area contributed by atoms with Crippen LogP contribution < -0.4 is 15.2 Å². The van der Waals surface area contributed by atoms with Crippen molar-refractivity contribution in [1.29, 1.82) is 0 Å². The van der Waals surface area contributed by atoms with Gasteiger partial charge >= 0.3 is 0 Å². The maximum atomic E-state index is 13.5. The lowest BCUT2D eigenvalue weighted by Crippen LogP contribution is -2.14. The number of hydrogen-bond donors (Lipinski definition) is 2. The van der Waals surface area contributed by atoms with Crippen LogP contribution in [-0.2, 0) is 10.0 Å². The Morgan fingerprint density at radius 3 is 2.38 bits per heavy atom. The molecule has 0 unspecified atom stereocenters. The Balaban J connectivity index is 2.18. The van der Waals surface area contributed by atoms with Crippen molar-refractivity contribution >= 4 is 15.7 Å². The number of hydrogen-bond acceptors (Lipinski definition) is 4. The molecular formula is C14H15FN2O3S. The van der Waals surface area contributed by atoms with Gasteiger partial charge in [-0.3, -0.25) is 4.72 Å². The third kappa shape index (κ3) is 3.93. The van der Waals surface area contributed by atoms with E-state index in [0.717, 1.165) is 0 Å². The Morgan fingerprint density at radius 2 is 1.76 bits per heavy atom. The van der Waals surface area contributed by atoms with Crippen LogP contribution in [0.3, 0.4) is 0 Å². The molecular weight excluding hydrogens is 295 g/mol. The minimum Gasteiger partial charge on any atom is -0.492 e. The number of nitrogens with two attached hydrogens (primary N) is 1. The number of benzene rings is 2. The SMILES string of the molecule is NCCOc1ccc(S(=O)(=O)Nc2ccccc2F)cc1. The molecule has 2 rings (SSSR count). The van der Waals surface area contributed by atoms with Crippen LogP contribution in [0.1, 0.15) is 0 Å². The molecule has 7 heteroatoms. The average Bonchev–Trinajstić information content (AvgIpc) is 2.48. The molecule has 0 saturated heterocycles. The average molecular weight is 310 g/mol. The lowest BCUT2D eigenvalue weighted by Gasteiger charge is -2.10. The van der Waals surface area contributed by atoms with Crippen molar-refractivity contribution < 1.29 is 17.5 Å². The maximum Gasteiger partial charge on any atom is 0.261 e. The van der Waals surface area contributed by atoms with Gasteiger partial charge in [-0.2, -0.15) is 0 Å². The first-order valence-corrected chi connectivity index (χ1v) is 7.71. The highest BCUT2D eigenvalue weighted by Crippen LogP contribution is 2.20. The molecule has 5 nitrogen and oxygen atoms in total. The molecule has 0 heterocycles. The van der Waals surface area contributed by atoms with Gasteiger partial charge in [-0.15, -0.1) is 0 Å². The van der Waals surface area contributed by atoms with Gasteiger partial charge in [-0.25, -0.2) is 12.8 Å². The number of anilines is 1. The first kappa shape index (κ1) is 15.3. The summed E-state index contributed by atoms with van der Waals surface area (Å²) < 4.78 is 45.2. The summed E-state index contributed by atoms with van der Waals surface area (Å²) in [5.74, 6) is -0.116. The van der Waals surface area contributed by atoms with Crippen LogP contribution in [0.15, 0.2) is 53.4 Å². The van der Waals surface area contributed by atoms with Gasteiger partial charge in [0.1, 0.15) is 18.2 Å². The summed E-state index contributed by atoms with van der Waals surface area (Å²) in [4.78, 5) is 0.0193. The highest BCUT2D eigenvalue weighted by Gasteiger charge is 2.15. The Bertz CT molecular complexity index is 702. The first-order valence-electron chi connectivity index (χ1n) is 6.23. The van der Waals surface area contributed by atoms with Gasteiger partial charge in [0.25, 0.3) is 10.0 Å². The second kappa shape index (κ2) is 6.55. The fraction of sp³-hybridized carbons (Fsp3) is 0.143. The van der Waals surface area contributed by atoms with E-state index < -0.39 is 15.8 Å². The highest BCUT2D eigenvalue weighted by atomic mass is 32.2. The molecule has 2 aromatic carbocycles. The van der Waals surface area contributed by atoms with E-state index in [0.29, 0.717) is 18.9 Å². The maximum absolute atomic E-state index is 13.5. The van der Waals surface area contributed by atoms with E-state index in [2.05, 4.69) is 4.72 Å². The molecule has 112 valence electrons. The fourth-order valence-corrected chi connectivity index (χ4v) is 2.71. The van der Waals surface area contributed by atoms with Crippen molar-refractivity contribution in [3.05, 3.63) is 54.3 Å². The normalized spacial score (nSPS) is 11.1. The predicted molar refractivity (Wildman–Crippen MR) is 78.2 cm³/mol. The summed E-state index contributed by atoms with van der Waals surface area (Å²) in [6.45, 7) is 0.717. The molecule has 3 N–H and O–H groups in total. The summed E-state index contributed by atoms with van der Waals surface area (Å²) in [5, 5.41) is 0. The predicted octanol–water partition coefficient (Wildman–Crippen LogP) is 1.96. The lowest BCUT2D eigenvalue weighted by molar-refractivity contribution is 0.328. The van der Waals surface area contributed by atoms with E-state index in [1.54, 1.807) is 6.07 Å². The smallest absolute Gasteiger partial charge is 0.261 e. The molecule has 0 aliphatic heterocycles. The van der Waals surface area contributed by atoms with Crippen molar-refractivity contribution in [2.75, 3.05) is 17.9 Å². The second-order valence-corrected chi connectivity index (χ2v) is 5.88. The van der Waals surface area contributed by atoms with E-state index in [9.17, 15) is 12.8 Å². The third-order valence-electron chi connectivity index (χ3n) is 2.64. The number of halogens is 1. The quantitative estimate of drug-likeness (QED) is 0.854. The monoisotopic (exact) mass is 310 g/mol. The van der Waals surface area contributed by atoms with E-state index >= 15 is 0 Å². The van der Waals surface area contributed by atoms with Crippen molar-refractivity contribution in [2.24, 2.45) is 5.73 Å². The molecule has 0 fully saturated rings. The van der Waals surface area contributed by atoms with Gasteiger partial charge < -0.3 is 10.5 Å². The number of para-hydroxylation sites is 1. The summed E-state index contributed by atoms with van der Waals surface area (Å²) in [6.07, 6.45) is 0. The minimum atomic E-state index is -3.84. The van der Waals surface area contributed by atoms with Crippen LogP contribution >= 0.6 is 0 Å². The molecule has 0 amide bonds. The molecule has 0 aliphatic rings. The zero-order chi connectivity index (χ0) is 15.3. The van der Waals surface area contributed by atoms with Gasteiger partial charge in [0.2, 0.25) is 0 Å². The first-order chi connectivity index (χ1) is 10.0. The van der Waals surface area contributed by atoms with E-state index in [-0.39, 0.29) is 10.6 Å². The van der Waals surface area contributed by atoms with Crippen molar-refractivity contribution in [3.8, 4) is 5.75 Å². The van der Waals surface area contributed by atoms with E-state index in [1.165, 1.54) is 42.5 Å². The second-order valence-electron chi connectivity index (χ2n) is 4.19. The number of sulfonamides is 1. The van der Waals surface area contributed by atoms with Gasteiger partial charge in [-0.1, -0.05) is 12.1 Å². The van der Waals surface area contributed by atoms with Crippen LogP contribution in [0, 0.1) is 5.82 Å². The van der Waals surface area contributed by atoms with Crippen LogP contribution in [-0.4, -0.2) is 21.6 Å². The van der Waals surface area contributed by atoms with Crippen molar-refractivity contribution in [3.63, 3.8) is 0 Å². The molecule has 2 aromatic rings. The standard InChI is InChI=1S/C14H15FN2O3S/c15-13-3-1-2-4-14(13)17-21(18,19)12-7-5-11(6-8-12)20-10-9-16/h1-8,17H,9-10,16H2. The number of ether oxygens (including phenoxy) is 1. The Hall–Kier alpha value is -2.12. The Labute approximate surface area is 122 Å². The third-order valence-corrected chi connectivity index (χ3v) is 4.02. The van der Waals surface area contributed by atoms with Gasteiger partial charge in [-0.05, 0) is 36.4 Å². The molecule has 0 radical (unpaired) electrons. The Morgan fingerprint density at radius 1 is 1.10 bits per heavy atom. The van der Waals surface area contributed by atoms with Gasteiger partial charge in [0, 0.05) is 6.54 Å². The van der Waals surface area contributed by atoms with E-state index in [4.69, 9.17) is 10.5 Å². The van der Waals surface area contributed by atoms with Gasteiger partial charge in [0.05, 0.1) is 10.6 Å². The summed E-state index contributed by atoms with van der Waals surface area (Å²) in [5.41, 5.74) is 5.21. The molecule has 0 spiro atoms. The minimum absolute atomic E-state index is 0.0193. The Kier molecular flexibility index (Phi) is 4.77. The molecule has 0 bridgehead atoms. The lowest BCUT2D eigenvalue weighted by atomic mass is 10.3. The fourth-order valence-electron chi connectivity index (χ4n) is 1.64.